The second-order valence-corrected chi connectivity index (χ2v) is 5.97. The van der Waals surface area contributed by atoms with E-state index in [1.165, 1.54) is 5.56 Å². The lowest BCUT2D eigenvalue weighted by Crippen LogP contribution is -2.04. The molecule has 0 heterocycles. The number of benzene rings is 2. The molecule has 0 spiro atoms. The van der Waals surface area contributed by atoms with Gasteiger partial charge in [-0.25, -0.2) is 4.79 Å². The van der Waals surface area contributed by atoms with Gasteiger partial charge < -0.3 is 4.84 Å². The first kappa shape index (κ1) is 14.0. The Morgan fingerprint density at radius 2 is 1.86 bits per heavy atom. The fraction of sp³-hybridized carbons (Fsp3) is 0.176. The van der Waals surface area contributed by atoms with Gasteiger partial charge in [-0.2, -0.15) is 0 Å². The maximum atomic E-state index is 11.9. The minimum atomic E-state index is -0.253. The van der Waals surface area contributed by atoms with Gasteiger partial charge in [0.2, 0.25) is 0 Å². The summed E-state index contributed by atoms with van der Waals surface area (Å²) in [4.78, 5) is 16.9. The largest absolute Gasteiger partial charge is 0.338 e. The smallest absolute Gasteiger partial charge is 0.318 e. The number of carbonyl (C=O) groups excluding carboxylic acids is 1. The molecule has 2 atom stereocenters. The molecule has 21 heavy (non-hydrogen) atoms. The van der Waals surface area contributed by atoms with Crippen LogP contribution in [0.1, 0.15) is 23.5 Å². The SMILES string of the molecule is O=C(ON=Cc1ccc(Br)cc1)C1CC1c1ccccc1. The van der Waals surface area contributed by atoms with Crippen LogP contribution in [0, 0.1) is 5.92 Å². The van der Waals surface area contributed by atoms with Gasteiger partial charge in [-0.1, -0.05) is 63.6 Å². The van der Waals surface area contributed by atoms with Gasteiger partial charge >= 0.3 is 5.97 Å². The third-order valence-corrected chi connectivity index (χ3v) is 4.06. The second kappa shape index (κ2) is 6.22. The lowest BCUT2D eigenvalue weighted by atomic mass is 10.1. The molecule has 106 valence electrons. The predicted molar refractivity (Wildman–Crippen MR) is 85.1 cm³/mol. The van der Waals surface area contributed by atoms with Crippen LogP contribution in [0.5, 0.6) is 0 Å². The summed E-state index contributed by atoms with van der Waals surface area (Å²) >= 11 is 3.36. The van der Waals surface area contributed by atoms with E-state index in [9.17, 15) is 4.79 Å². The van der Waals surface area contributed by atoms with Crippen LogP contribution in [-0.2, 0) is 9.63 Å². The molecule has 3 rings (SSSR count). The van der Waals surface area contributed by atoms with Crippen molar-refractivity contribution in [2.45, 2.75) is 12.3 Å². The Morgan fingerprint density at radius 1 is 1.14 bits per heavy atom. The summed E-state index contributed by atoms with van der Waals surface area (Å²) in [6, 6.07) is 17.7. The summed E-state index contributed by atoms with van der Waals surface area (Å²) in [5.74, 6) is -0.0340. The van der Waals surface area contributed by atoms with Crippen LogP contribution in [0.2, 0.25) is 0 Å². The Hall–Kier alpha value is -1.94. The minimum absolute atomic E-state index is 0.0607. The lowest BCUT2D eigenvalue weighted by Gasteiger charge is -1.98. The molecule has 0 radical (unpaired) electrons. The van der Waals surface area contributed by atoms with Crippen LogP contribution >= 0.6 is 15.9 Å². The molecule has 1 aliphatic carbocycles. The number of oxime groups is 1. The van der Waals surface area contributed by atoms with E-state index >= 15 is 0 Å². The first-order valence-electron chi connectivity index (χ1n) is 6.79. The highest BCUT2D eigenvalue weighted by Gasteiger charge is 2.45. The molecule has 0 saturated heterocycles. The van der Waals surface area contributed by atoms with Gasteiger partial charge in [-0.3, -0.25) is 0 Å². The molecular formula is C17H14BrNO2. The maximum absolute atomic E-state index is 11.9. The first-order chi connectivity index (χ1) is 10.2. The third kappa shape index (κ3) is 3.58. The molecule has 2 unspecified atom stereocenters. The Balaban J connectivity index is 1.53. The average Bonchev–Trinajstić information content (AvgIpc) is 3.31. The zero-order valence-electron chi connectivity index (χ0n) is 11.3. The molecule has 2 aromatic carbocycles. The fourth-order valence-corrected chi connectivity index (χ4v) is 2.54. The Labute approximate surface area is 131 Å². The van der Waals surface area contributed by atoms with Gasteiger partial charge in [0, 0.05) is 4.47 Å². The second-order valence-electron chi connectivity index (χ2n) is 5.06. The Kier molecular flexibility index (Phi) is 4.15. The van der Waals surface area contributed by atoms with Crippen molar-refractivity contribution in [1.29, 1.82) is 0 Å². The molecule has 3 nitrogen and oxygen atoms in total. The number of rotatable bonds is 4. The van der Waals surface area contributed by atoms with E-state index in [2.05, 4.69) is 21.1 Å². The van der Waals surface area contributed by atoms with Crippen molar-refractivity contribution in [3.63, 3.8) is 0 Å². The fourth-order valence-electron chi connectivity index (χ4n) is 2.28. The molecule has 0 bridgehead atoms. The standard InChI is InChI=1S/C17H14BrNO2/c18-14-8-6-12(7-9-14)11-19-21-17(20)16-10-15(16)13-4-2-1-3-5-13/h1-9,11,15-16H,10H2. The zero-order valence-corrected chi connectivity index (χ0v) is 12.9. The summed E-state index contributed by atoms with van der Waals surface area (Å²) in [6.07, 6.45) is 2.39. The number of nitrogens with zero attached hydrogens (tertiary/aromatic N) is 1. The van der Waals surface area contributed by atoms with Crippen molar-refractivity contribution in [1.82, 2.24) is 0 Å². The van der Waals surface area contributed by atoms with Crippen LogP contribution in [0.25, 0.3) is 0 Å². The van der Waals surface area contributed by atoms with Crippen LogP contribution < -0.4 is 0 Å². The molecule has 1 saturated carbocycles. The average molecular weight is 344 g/mol. The van der Waals surface area contributed by atoms with Gasteiger partial charge in [0.25, 0.3) is 0 Å². The highest BCUT2D eigenvalue weighted by molar-refractivity contribution is 9.10. The van der Waals surface area contributed by atoms with Crippen molar-refractivity contribution >= 4 is 28.1 Å². The summed E-state index contributed by atoms with van der Waals surface area (Å²) in [7, 11) is 0. The number of halogens is 1. The van der Waals surface area contributed by atoms with Crippen molar-refractivity contribution in [2.24, 2.45) is 11.1 Å². The third-order valence-electron chi connectivity index (χ3n) is 3.54. The van der Waals surface area contributed by atoms with Crippen LogP contribution in [0.4, 0.5) is 0 Å². The highest BCUT2D eigenvalue weighted by atomic mass is 79.9. The monoisotopic (exact) mass is 343 g/mol. The molecular weight excluding hydrogens is 330 g/mol. The number of hydrogen-bond donors (Lipinski definition) is 0. The van der Waals surface area contributed by atoms with Crippen LogP contribution in [0.15, 0.2) is 64.2 Å². The quantitative estimate of drug-likeness (QED) is 0.475. The van der Waals surface area contributed by atoms with Gasteiger partial charge in [0.15, 0.2) is 0 Å². The molecule has 4 heteroatoms. The molecule has 0 amide bonds. The van der Waals surface area contributed by atoms with E-state index in [1.54, 1.807) is 6.21 Å². The predicted octanol–water partition coefficient (Wildman–Crippen LogP) is 4.13. The van der Waals surface area contributed by atoms with Crippen molar-refractivity contribution < 1.29 is 9.63 Å². The maximum Gasteiger partial charge on any atom is 0.338 e. The summed E-state index contributed by atoms with van der Waals surface area (Å²) in [6.45, 7) is 0. The number of carbonyl (C=O) groups is 1. The first-order valence-corrected chi connectivity index (χ1v) is 7.58. The van der Waals surface area contributed by atoms with Gasteiger partial charge in [0.1, 0.15) is 0 Å². The van der Waals surface area contributed by atoms with Crippen molar-refractivity contribution in [2.75, 3.05) is 0 Å². The van der Waals surface area contributed by atoms with Crippen LogP contribution in [0.3, 0.4) is 0 Å². The van der Waals surface area contributed by atoms with Gasteiger partial charge in [-0.05, 0) is 35.6 Å². The summed E-state index contributed by atoms with van der Waals surface area (Å²) in [5, 5.41) is 3.77. The summed E-state index contributed by atoms with van der Waals surface area (Å²) < 4.78 is 1.00. The van der Waals surface area contributed by atoms with Crippen molar-refractivity contribution in [3.8, 4) is 0 Å². The highest BCUT2D eigenvalue weighted by Crippen LogP contribution is 2.48. The zero-order chi connectivity index (χ0) is 14.7. The molecule has 0 aliphatic heterocycles. The molecule has 0 aromatic heterocycles. The van der Waals surface area contributed by atoms with Crippen molar-refractivity contribution in [3.05, 3.63) is 70.2 Å². The molecule has 0 N–H and O–H groups in total. The van der Waals surface area contributed by atoms with E-state index in [1.807, 2.05) is 54.6 Å². The number of hydrogen-bond acceptors (Lipinski definition) is 3. The van der Waals surface area contributed by atoms with E-state index in [0.717, 1.165) is 16.5 Å². The van der Waals surface area contributed by atoms with E-state index in [-0.39, 0.29) is 17.8 Å². The normalized spacial score (nSPS) is 20.4. The van der Waals surface area contributed by atoms with Crippen LogP contribution in [-0.4, -0.2) is 12.2 Å². The van der Waals surface area contributed by atoms with E-state index in [4.69, 9.17) is 4.84 Å². The Morgan fingerprint density at radius 3 is 2.57 bits per heavy atom. The van der Waals surface area contributed by atoms with E-state index < -0.39 is 0 Å². The minimum Gasteiger partial charge on any atom is -0.318 e. The lowest BCUT2D eigenvalue weighted by molar-refractivity contribution is -0.145. The Bertz CT molecular complexity index is 652. The van der Waals surface area contributed by atoms with Gasteiger partial charge in [0.05, 0.1) is 12.1 Å². The molecule has 2 aromatic rings. The van der Waals surface area contributed by atoms with E-state index in [0.29, 0.717) is 0 Å². The molecule has 1 fully saturated rings. The summed E-state index contributed by atoms with van der Waals surface area (Å²) in [5.41, 5.74) is 2.08. The van der Waals surface area contributed by atoms with Gasteiger partial charge in [-0.15, -0.1) is 0 Å². The topological polar surface area (TPSA) is 38.7 Å². The molecule has 1 aliphatic rings.